The van der Waals surface area contributed by atoms with Gasteiger partial charge < -0.3 is 4.74 Å². The zero-order valence-electron chi connectivity index (χ0n) is 12.3. The fraction of sp³-hybridized carbons (Fsp3) is 0.562. The first-order chi connectivity index (χ1) is 9.37. The third kappa shape index (κ3) is 3.06. The van der Waals surface area contributed by atoms with Gasteiger partial charge in [-0.15, -0.1) is 0 Å². The largest absolute Gasteiger partial charge is 0.466 e. The Bertz CT molecular complexity index is 496. The highest BCUT2D eigenvalue weighted by Crippen LogP contribution is 2.41. The number of rotatable bonds is 3. The minimum absolute atomic E-state index is 0.0176. The molecule has 2 aliphatic rings. The van der Waals surface area contributed by atoms with Crippen molar-refractivity contribution >= 4 is 17.5 Å². The van der Waals surface area contributed by atoms with E-state index in [4.69, 9.17) is 9.73 Å². The minimum Gasteiger partial charge on any atom is -0.466 e. The molecule has 0 N–H and O–H groups in total. The Morgan fingerprint density at radius 3 is 2.55 bits per heavy atom. The fourth-order valence-corrected chi connectivity index (χ4v) is 2.67. The van der Waals surface area contributed by atoms with Crippen molar-refractivity contribution in [3.8, 4) is 0 Å². The fourth-order valence-electron chi connectivity index (χ4n) is 2.67. The molecule has 1 aliphatic heterocycles. The topological polar surface area (TPSA) is 55.7 Å². The Hall–Kier alpha value is -1.71. The van der Waals surface area contributed by atoms with E-state index in [9.17, 15) is 9.59 Å². The number of nitrogens with zero attached hydrogens (tertiary/aromatic N) is 1. The summed E-state index contributed by atoms with van der Waals surface area (Å²) in [5.74, 6) is -0.280. The van der Waals surface area contributed by atoms with Crippen LogP contribution in [0.1, 0.15) is 40.0 Å². The van der Waals surface area contributed by atoms with Gasteiger partial charge in [0.05, 0.1) is 18.6 Å². The molecule has 108 valence electrons. The molecule has 0 atom stereocenters. The van der Waals surface area contributed by atoms with Gasteiger partial charge in [-0.2, -0.15) is 0 Å². The molecule has 0 aromatic carbocycles. The highest BCUT2D eigenvalue weighted by atomic mass is 16.5. The molecule has 0 fully saturated rings. The van der Waals surface area contributed by atoms with Crippen molar-refractivity contribution in [1.29, 1.82) is 0 Å². The van der Waals surface area contributed by atoms with E-state index in [1.54, 1.807) is 19.1 Å². The van der Waals surface area contributed by atoms with Gasteiger partial charge in [0.1, 0.15) is 0 Å². The number of allylic oxidation sites excluding steroid dienone is 4. The Labute approximate surface area is 119 Å². The van der Waals surface area contributed by atoms with E-state index < -0.39 is 5.41 Å². The van der Waals surface area contributed by atoms with Gasteiger partial charge in [-0.05, 0) is 45.8 Å². The Kier molecular flexibility index (Phi) is 3.93. The lowest BCUT2D eigenvalue weighted by molar-refractivity contribution is -0.141. The lowest BCUT2D eigenvalue weighted by atomic mass is 9.70. The number of ether oxygens (including phenoxy) is 1. The van der Waals surface area contributed by atoms with Gasteiger partial charge in [-0.3, -0.25) is 14.6 Å². The summed E-state index contributed by atoms with van der Waals surface area (Å²) in [6.07, 6.45) is 8.85. The number of aliphatic imine (C=N–C) groups is 1. The van der Waals surface area contributed by atoms with E-state index in [2.05, 4.69) is 13.8 Å². The summed E-state index contributed by atoms with van der Waals surface area (Å²) in [5.41, 5.74) is 0.235. The molecule has 0 radical (unpaired) electrons. The first kappa shape index (κ1) is 14.7. The number of esters is 1. The summed E-state index contributed by atoms with van der Waals surface area (Å²) >= 11 is 0. The molecule has 0 saturated heterocycles. The first-order valence-corrected chi connectivity index (χ1v) is 7.04. The predicted octanol–water partition coefficient (Wildman–Crippen LogP) is 2.63. The maximum Gasteiger partial charge on any atom is 0.311 e. The number of hydrogen-bond donors (Lipinski definition) is 0. The zero-order chi connectivity index (χ0) is 14.8. The van der Waals surface area contributed by atoms with Crippen LogP contribution in [0.2, 0.25) is 0 Å². The SMILES string of the molecule is CCOC(=O)CC1=NC(C)(C)CCC12C=CC(=O)C=C2. The van der Waals surface area contributed by atoms with Crippen molar-refractivity contribution in [1.82, 2.24) is 0 Å². The van der Waals surface area contributed by atoms with Crippen molar-refractivity contribution in [2.45, 2.75) is 45.6 Å². The molecule has 1 aliphatic carbocycles. The van der Waals surface area contributed by atoms with Gasteiger partial charge in [0.15, 0.2) is 5.78 Å². The number of hydrogen-bond acceptors (Lipinski definition) is 4. The predicted molar refractivity (Wildman–Crippen MR) is 77.7 cm³/mol. The molecule has 1 spiro atoms. The molecule has 0 amide bonds. The average molecular weight is 275 g/mol. The summed E-state index contributed by atoms with van der Waals surface area (Å²) in [6, 6.07) is 0. The third-order valence-electron chi connectivity index (χ3n) is 3.83. The monoisotopic (exact) mass is 275 g/mol. The van der Waals surface area contributed by atoms with Crippen molar-refractivity contribution in [3.63, 3.8) is 0 Å². The maximum atomic E-state index is 11.8. The third-order valence-corrected chi connectivity index (χ3v) is 3.83. The Morgan fingerprint density at radius 2 is 1.95 bits per heavy atom. The molecule has 0 aromatic heterocycles. The summed E-state index contributed by atoms with van der Waals surface area (Å²) < 4.78 is 5.03. The molecular formula is C16H21NO3. The second kappa shape index (κ2) is 5.35. The number of carbonyl (C=O) groups is 2. The highest BCUT2D eigenvalue weighted by molar-refractivity contribution is 6.09. The number of ketones is 1. The van der Waals surface area contributed by atoms with Gasteiger partial charge in [-0.25, -0.2) is 0 Å². The van der Waals surface area contributed by atoms with E-state index in [1.807, 2.05) is 12.2 Å². The Morgan fingerprint density at radius 1 is 1.30 bits per heavy atom. The quantitative estimate of drug-likeness (QED) is 0.744. The molecule has 0 aromatic rings. The summed E-state index contributed by atoms with van der Waals surface area (Å²) in [5, 5.41) is 0. The molecular weight excluding hydrogens is 254 g/mol. The zero-order valence-corrected chi connectivity index (χ0v) is 12.3. The maximum absolute atomic E-state index is 11.8. The Balaban J connectivity index is 2.32. The van der Waals surface area contributed by atoms with Crippen LogP contribution in [-0.2, 0) is 14.3 Å². The van der Waals surface area contributed by atoms with Crippen molar-refractivity contribution < 1.29 is 14.3 Å². The van der Waals surface area contributed by atoms with Crippen LogP contribution in [0.15, 0.2) is 29.3 Å². The van der Waals surface area contributed by atoms with Crippen LogP contribution in [0, 0.1) is 5.41 Å². The molecule has 1 heterocycles. The van der Waals surface area contributed by atoms with Gasteiger partial charge in [0, 0.05) is 11.1 Å². The van der Waals surface area contributed by atoms with Crippen LogP contribution in [0.25, 0.3) is 0 Å². The lowest BCUT2D eigenvalue weighted by Crippen LogP contribution is -2.40. The summed E-state index contributed by atoms with van der Waals surface area (Å²) in [6.45, 7) is 6.28. The van der Waals surface area contributed by atoms with E-state index in [0.29, 0.717) is 6.61 Å². The van der Waals surface area contributed by atoms with E-state index in [1.165, 1.54) is 0 Å². The van der Waals surface area contributed by atoms with Crippen LogP contribution >= 0.6 is 0 Å². The van der Waals surface area contributed by atoms with Crippen LogP contribution in [0.3, 0.4) is 0 Å². The van der Waals surface area contributed by atoms with Crippen molar-refractivity contribution in [2.24, 2.45) is 10.4 Å². The molecule has 0 unspecified atom stereocenters. The van der Waals surface area contributed by atoms with Crippen molar-refractivity contribution in [3.05, 3.63) is 24.3 Å². The number of carbonyl (C=O) groups excluding carboxylic acids is 2. The average Bonchev–Trinajstić information content (AvgIpc) is 2.37. The van der Waals surface area contributed by atoms with Crippen LogP contribution in [0.5, 0.6) is 0 Å². The van der Waals surface area contributed by atoms with Crippen molar-refractivity contribution in [2.75, 3.05) is 6.61 Å². The highest BCUT2D eigenvalue weighted by Gasteiger charge is 2.40. The van der Waals surface area contributed by atoms with E-state index in [0.717, 1.165) is 18.6 Å². The summed E-state index contributed by atoms with van der Waals surface area (Å²) in [7, 11) is 0. The van der Waals surface area contributed by atoms with Crippen LogP contribution in [0.4, 0.5) is 0 Å². The molecule has 20 heavy (non-hydrogen) atoms. The lowest BCUT2D eigenvalue weighted by Gasteiger charge is -2.39. The van der Waals surface area contributed by atoms with Gasteiger partial charge in [-0.1, -0.05) is 12.2 Å². The smallest absolute Gasteiger partial charge is 0.311 e. The second-order valence-electron chi connectivity index (χ2n) is 5.96. The standard InChI is InChI=1S/C16H21NO3/c1-4-20-14(19)11-13-16(7-5-12(18)6-8-16)10-9-15(2,3)17-13/h5-8H,4,9-11H2,1-3H3. The van der Waals surface area contributed by atoms with Gasteiger partial charge in [0.2, 0.25) is 0 Å². The molecule has 2 rings (SSSR count). The van der Waals surface area contributed by atoms with Crippen LogP contribution < -0.4 is 0 Å². The summed E-state index contributed by atoms with van der Waals surface area (Å²) in [4.78, 5) is 27.9. The van der Waals surface area contributed by atoms with E-state index in [-0.39, 0.29) is 23.7 Å². The molecule has 0 bridgehead atoms. The van der Waals surface area contributed by atoms with Gasteiger partial charge >= 0.3 is 5.97 Å². The molecule has 4 nitrogen and oxygen atoms in total. The molecule has 0 saturated carbocycles. The van der Waals surface area contributed by atoms with E-state index >= 15 is 0 Å². The second-order valence-corrected chi connectivity index (χ2v) is 5.96. The minimum atomic E-state index is -0.393. The first-order valence-electron chi connectivity index (χ1n) is 7.04. The van der Waals surface area contributed by atoms with Crippen LogP contribution in [-0.4, -0.2) is 29.6 Å². The van der Waals surface area contributed by atoms with Gasteiger partial charge in [0.25, 0.3) is 0 Å². The normalized spacial score (nSPS) is 22.8. The molecule has 4 heteroatoms.